The minimum atomic E-state index is -3.75. The van der Waals surface area contributed by atoms with Gasteiger partial charge in [0.2, 0.25) is 15.0 Å². The van der Waals surface area contributed by atoms with E-state index in [0.717, 1.165) is 34.6 Å². The fourth-order valence-corrected chi connectivity index (χ4v) is 5.28. The highest BCUT2D eigenvalue weighted by Gasteiger charge is 2.35. The van der Waals surface area contributed by atoms with Gasteiger partial charge in [0.1, 0.15) is 11.3 Å². The van der Waals surface area contributed by atoms with Crippen LogP contribution in [0, 0.1) is 21.1 Å². The number of aromatic nitrogens is 2. The minimum Gasteiger partial charge on any atom is -0.314 e. The molecular weight excluding hydrogens is 521 g/mol. The first-order chi connectivity index (χ1) is 14.3. The molecule has 0 aliphatic heterocycles. The SMILES string of the molecule is CS(=O)(=O)c1nc2c(F)c(I)c(F)cc2n1CC1c2ccc(-c3ccccc3)c1c2. The molecule has 30 heavy (non-hydrogen) atoms. The van der Waals surface area contributed by atoms with E-state index < -0.39 is 21.5 Å². The Kier molecular flexibility index (Phi) is 4.48. The molecule has 1 aromatic heterocycles. The van der Waals surface area contributed by atoms with E-state index in [1.165, 1.54) is 4.57 Å². The first-order valence-corrected chi connectivity index (χ1v) is 12.2. The van der Waals surface area contributed by atoms with Crippen molar-refractivity contribution in [3.63, 3.8) is 0 Å². The Bertz CT molecular complexity index is 1420. The fourth-order valence-electron chi connectivity index (χ4n) is 4.04. The van der Waals surface area contributed by atoms with E-state index in [1.807, 2.05) is 42.5 Å². The number of imidazole rings is 1. The van der Waals surface area contributed by atoms with Crippen LogP contribution < -0.4 is 0 Å². The molecule has 4 nitrogen and oxygen atoms in total. The summed E-state index contributed by atoms with van der Waals surface area (Å²) in [5, 5.41) is -0.255. The van der Waals surface area contributed by atoms with Gasteiger partial charge in [0.15, 0.2) is 5.82 Å². The van der Waals surface area contributed by atoms with Crippen molar-refractivity contribution in [1.29, 1.82) is 0 Å². The molecule has 1 atom stereocenters. The van der Waals surface area contributed by atoms with Crippen molar-refractivity contribution in [2.24, 2.45) is 5.92 Å². The van der Waals surface area contributed by atoms with Gasteiger partial charge < -0.3 is 4.57 Å². The van der Waals surface area contributed by atoms with Gasteiger partial charge in [-0.3, -0.25) is 0 Å². The second kappa shape index (κ2) is 6.84. The fraction of sp³-hybridized carbons (Fsp3) is 0.136. The number of halogens is 3. The van der Waals surface area contributed by atoms with Crippen LogP contribution in [0.2, 0.25) is 0 Å². The number of allylic oxidation sites excluding steroid dienone is 6. The molecule has 0 amide bonds. The zero-order chi connectivity index (χ0) is 21.2. The molecule has 0 fully saturated rings. The molecule has 8 heteroatoms. The largest absolute Gasteiger partial charge is 0.314 e. The van der Waals surface area contributed by atoms with Crippen LogP contribution in [0.5, 0.6) is 0 Å². The third-order valence-electron chi connectivity index (χ3n) is 5.48. The predicted molar refractivity (Wildman–Crippen MR) is 120 cm³/mol. The van der Waals surface area contributed by atoms with Crippen molar-refractivity contribution >= 4 is 49.0 Å². The summed E-state index contributed by atoms with van der Waals surface area (Å²) < 4.78 is 54.9. The van der Waals surface area contributed by atoms with Crippen molar-refractivity contribution in [1.82, 2.24) is 9.55 Å². The van der Waals surface area contributed by atoms with Crippen LogP contribution in [0.4, 0.5) is 8.78 Å². The van der Waals surface area contributed by atoms with Crippen molar-refractivity contribution in [3.05, 3.63) is 86.5 Å². The van der Waals surface area contributed by atoms with E-state index in [2.05, 4.69) is 11.1 Å². The summed E-state index contributed by atoms with van der Waals surface area (Å²) in [7, 11) is -3.75. The normalized spacial score (nSPS) is 18.0. The molecule has 0 saturated carbocycles. The van der Waals surface area contributed by atoms with Crippen LogP contribution >= 0.6 is 22.6 Å². The Balaban J connectivity index is 1.61. The number of sulfone groups is 1. The van der Waals surface area contributed by atoms with Crippen LogP contribution in [-0.4, -0.2) is 24.2 Å². The molecular formula is C22H15F2IN2O2S. The molecule has 2 aromatic carbocycles. The van der Waals surface area contributed by atoms with Gasteiger partial charge in [0, 0.05) is 24.8 Å². The first-order valence-electron chi connectivity index (χ1n) is 9.18. The van der Waals surface area contributed by atoms with Gasteiger partial charge in [-0.15, -0.1) is 0 Å². The zero-order valence-electron chi connectivity index (χ0n) is 15.7. The lowest BCUT2D eigenvalue weighted by Crippen LogP contribution is -2.26. The molecule has 2 aliphatic rings. The van der Waals surface area contributed by atoms with Gasteiger partial charge in [-0.1, -0.05) is 48.6 Å². The summed E-state index contributed by atoms with van der Waals surface area (Å²) in [6, 6.07) is 11.1. The molecule has 3 aromatic rings. The van der Waals surface area contributed by atoms with Crippen LogP contribution in [0.1, 0.15) is 5.56 Å². The standard InChI is InChI=1S/C22H15F2IN2O2S/c1-30(28,29)22-26-21-18(10-17(23)20(25)19(21)24)27(22)11-16-13-7-8-14(15(16)9-13)12-5-3-2-4-6-12/h2-10,16H,11H2,1H3. The van der Waals surface area contributed by atoms with Crippen molar-refractivity contribution in [2.45, 2.75) is 11.7 Å². The highest BCUT2D eigenvalue weighted by atomic mass is 127. The van der Waals surface area contributed by atoms with Crippen molar-refractivity contribution in [2.75, 3.05) is 6.26 Å². The zero-order valence-corrected chi connectivity index (χ0v) is 18.7. The number of benzene rings is 2. The average molecular weight is 536 g/mol. The minimum absolute atomic E-state index is 0.0755. The van der Waals surface area contributed by atoms with Crippen LogP contribution in [0.25, 0.3) is 16.6 Å². The summed E-state index contributed by atoms with van der Waals surface area (Å²) >= 11 is 1.56. The lowest BCUT2D eigenvalue weighted by Gasteiger charge is -2.36. The molecule has 1 heterocycles. The highest BCUT2D eigenvalue weighted by molar-refractivity contribution is 14.1. The van der Waals surface area contributed by atoms with E-state index in [4.69, 9.17) is 0 Å². The Morgan fingerprint density at radius 1 is 1.17 bits per heavy atom. The molecule has 152 valence electrons. The number of nitrogens with zero attached hydrogens (tertiary/aromatic N) is 2. The van der Waals surface area contributed by atoms with Crippen LogP contribution in [0.3, 0.4) is 0 Å². The summed E-state index contributed by atoms with van der Waals surface area (Å²) in [5.41, 5.74) is 4.26. The van der Waals surface area contributed by atoms with E-state index in [0.29, 0.717) is 0 Å². The Morgan fingerprint density at radius 2 is 1.90 bits per heavy atom. The van der Waals surface area contributed by atoms with Crippen molar-refractivity contribution in [3.8, 4) is 0 Å². The first kappa shape index (κ1) is 19.6. The quantitative estimate of drug-likeness (QED) is 0.352. The highest BCUT2D eigenvalue weighted by Crippen LogP contribution is 2.46. The maximum atomic E-state index is 14.6. The lowest BCUT2D eigenvalue weighted by atomic mass is 9.70. The smallest absolute Gasteiger partial charge is 0.228 e. The Morgan fingerprint density at radius 3 is 2.57 bits per heavy atom. The van der Waals surface area contributed by atoms with Crippen LogP contribution in [0.15, 0.2) is 70.9 Å². The van der Waals surface area contributed by atoms with E-state index >= 15 is 0 Å². The molecule has 2 bridgehead atoms. The summed E-state index contributed by atoms with van der Waals surface area (Å²) in [4.78, 5) is 4.04. The number of hydrogen-bond donors (Lipinski definition) is 0. The molecule has 0 radical (unpaired) electrons. The monoisotopic (exact) mass is 536 g/mol. The second-order valence-corrected chi connectivity index (χ2v) is 10.4. The van der Waals surface area contributed by atoms with Gasteiger partial charge in [-0.05, 0) is 44.9 Å². The van der Waals surface area contributed by atoms with Gasteiger partial charge in [-0.2, -0.15) is 0 Å². The molecule has 2 aliphatic carbocycles. The maximum Gasteiger partial charge on any atom is 0.228 e. The molecule has 0 saturated heterocycles. The topological polar surface area (TPSA) is 52.0 Å². The molecule has 1 unspecified atom stereocenters. The van der Waals surface area contributed by atoms with E-state index in [1.54, 1.807) is 22.6 Å². The Labute approximate surface area is 185 Å². The number of hydrogen-bond acceptors (Lipinski definition) is 3. The molecule has 5 rings (SSSR count). The second-order valence-electron chi connectivity index (χ2n) is 7.40. The average Bonchev–Trinajstić information content (AvgIpc) is 3.09. The van der Waals surface area contributed by atoms with E-state index in [9.17, 15) is 17.2 Å². The predicted octanol–water partition coefficient (Wildman–Crippen LogP) is 4.90. The van der Waals surface area contributed by atoms with Crippen LogP contribution in [-0.2, 0) is 16.4 Å². The summed E-state index contributed by atoms with van der Waals surface area (Å²) in [6.45, 7) is 0.236. The van der Waals surface area contributed by atoms with Crippen molar-refractivity contribution < 1.29 is 17.2 Å². The third-order valence-corrected chi connectivity index (χ3v) is 7.44. The number of rotatable bonds is 4. The molecule has 0 N–H and O–H groups in total. The third kappa shape index (κ3) is 2.96. The molecule has 0 spiro atoms. The lowest BCUT2D eigenvalue weighted by molar-refractivity contribution is 0.518. The Hall–Kier alpha value is -2.33. The number of fused-ring (bicyclic) bond motifs is 3. The van der Waals surface area contributed by atoms with Gasteiger partial charge >= 0.3 is 0 Å². The van der Waals surface area contributed by atoms with Gasteiger partial charge in [-0.25, -0.2) is 22.2 Å². The van der Waals surface area contributed by atoms with Gasteiger partial charge in [0.25, 0.3) is 0 Å². The van der Waals surface area contributed by atoms with Gasteiger partial charge in [0.05, 0.1) is 9.09 Å². The van der Waals surface area contributed by atoms with E-state index in [-0.39, 0.29) is 32.2 Å². The maximum absolute atomic E-state index is 14.6. The summed E-state index contributed by atoms with van der Waals surface area (Å²) in [5.74, 6) is -1.65. The summed E-state index contributed by atoms with van der Waals surface area (Å²) in [6.07, 6.45) is 7.14.